The van der Waals surface area contributed by atoms with Crippen molar-refractivity contribution in [1.29, 1.82) is 0 Å². The van der Waals surface area contributed by atoms with Gasteiger partial charge in [-0.2, -0.15) is 0 Å². The van der Waals surface area contributed by atoms with Crippen molar-refractivity contribution in [3.63, 3.8) is 0 Å². The van der Waals surface area contributed by atoms with Gasteiger partial charge < -0.3 is 5.32 Å². The first-order valence-corrected chi connectivity index (χ1v) is 7.50. The fraction of sp³-hybridized carbons (Fsp3) is 0. The van der Waals surface area contributed by atoms with Gasteiger partial charge in [-0.25, -0.2) is 4.98 Å². The maximum Gasteiger partial charge on any atom is 0.258 e. The molecule has 0 saturated heterocycles. The highest BCUT2D eigenvalue weighted by atomic mass is 35.5. The number of benzene rings is 2. The van der Waals surface area contributed by atoms with E-state index in [9.17, 15) is 4.79 Å². The smallest absolute Gasteiger partial charge is 0.258 e. The Hall–Kier alpha value is -2.36. The lowest BCUT2D eigenvalue weighted by atomic mass is 10.0. The molecule has 3 nitrogen and oxygen atoms in total. The molecule has 23 heavy (non-hydrogen) atoms. The Kier molecular flexibility index (Phi) is 3.89. The summed E-state index contributed by atoms with van der Waals surface area (Å²) in [6.45, 7) is 0. The van der Waals surface area contributed by atoms with Gasteiger partial charge in [-0.1, -0.05) is 53.5 Å². The molecular formula is C18H12Cl2N2O. The number of pyridine rings is 1. The molecule has 3 rings (SSSR count). The monoisotopic (exact) mass is 344 g/mol. The standard InChI is InChI=1S/C18H12Cl2N2O/c19-13-9-7-12(8-10-13)14-4-1-2-6-16(14)22-18(23)15-5-3-11-21-17(15)20/h1-11H,(H,22,23)/i1D,6D. The maximum atomic E-state index is 12.5. The van der Waals surface area contributed by atoms with Crippen LogP contribution in [0.4, 0.5) is 5.69 Å². The highest BCUT2D eigenvalue weighted by molar-refractivity contribution is 6.33. The average Bonchev–Trinajstić information content (AvgIpc) is 2.58. The first kappa shape index (κ1) is 13.1. The van der Waals surface area contributed by atoms with Gasteiger partial charge in [0.05, 0.1) is 8.30 Å². The van der Waals surface area contributed by atoms with E-state index in [1.807, 2.05) is 0 Å². The Morgan fingerprint density at radius 1 is 1.09 bits per heavy atom. The third-order valence-electron chi connectivity index (χ3n) is 3.19. The maximum absolute atomic E-state index is 12.5. The summed E-state index contributed by atoms with van der Waals surface area (Å²) >= 11 is 11.9. The lowest BCUT2D eigenvalue weighted by Crippen LogP contribution is -2.13. The number of anilines is 1. The van der Waals surface area contributed by atoms with Crippen molar-refractivity contribution in [2.24, 2.45) is 0 Å². The van der Waals surface area contributed by atoms with Crippen molar-refractivity contribution in [2.75, 3.05) is 5.32 Å². The summed E-state index contributed by atoms with van der Waals surface area (Å²) in [5.41, 5.74) is 1.80. The third kappa shape index (κ3) is 3.52. The first-order chi connectivity index (χ1) is 12.0. The van der Waals surface area contributed by atoms with Gasteiger partial charge in [0.2, 0.25) is 0 Å². The predicted molar refractivity (Wildman–Crippen MR) is 94.1 cm³/mol. The predicted octanol–water partition coefficient (Wildman–Crippen LogP) is 5.31. The van der Waals surface area contributed by atoms with Crippen LogP contribution >= 0.6 is 23.2 Å². The number of aromatic nitrogens is 1. The summed E-state index contributed by atoms with van der Waals surface area (Å²) in [7, 11) is 0. The SMILES string of the molecule is [2H]c1cc([2H])c(NC(=O)c2cccnc2Cl)c(-c2ccc(Cl)cc2)c1. The topological polar surface area (TPSA) is 42.0 Å². The van der Waals surface area contributed by atoms with Crippen LogP contribution in [-0.4, -0.2) is 10.9 Å². The quantitative estimate of drug-likeness (QED) is 0.654. The normalized spacial score (nSPS) is 11.6. The molecule has 0 atom stereocenters. The molecular weight excluding hydrogens is 331 g/mol. The molecule has 3 aromatic rings. The van der Waals surface area contributed by atoms with Gasteiger partial charge in [-0.05, 0) is 35.9 Å². The Labute approximate surface area is 146 Å². The van der Waals surface area contributed by atoms with Gasteiger partial charge >= 0.3 is 0 Å². The van der Waals surface area contributed by atoms with E-state index in [1.54, 1.807) is 42.5 Å². The number of para-hydroxylation sites is 1. The van der Waals surface area contributed by atoms with Crippen LogP contribution in [0.5, 0.6) is 0 Å². The molecule has 0 saturated carbocycles. The van der Waals surface area contributed by atoms with E-state index in [0.29, 0.717) is 16.3 Å². The van der Waals surface area contributed by atoms with Gasteiger partial charge in [0, 0.05) is 22.5 Å². The minimum absolute atomic E-state index is 0.0332. The molecule has 0 fully saturated rings. The molecule has 114 valence electrons. The number of carbonyl (C=O) groups excluding carboxylic acids is 1. The Morgan fingerprint density at radius 2 is 1.87 bits per heavy atom. The van der Waals surface area contributed by atoms with E-state index < -0.39 is 5.91 Å². The van der Waals surface area contributed by atoms with E-state index in [-0.39, 0.29) is 22.8 Å². The minimum Gasteiger partial charge on any atom is -0.321 e. The fourth-order valence-corrected chi connectivity index (χ4v) is 2.42. The van der Waals surface area contributed by atoms with Crippen molar-refractivity contribution in [1.82, 2.24) is 4.98 Å². The van der Waals surface area contributed by atoms with Crippen LogP contribution < -0.4 is 5.32 Å². The molecule has 1 amide bonds. The summed E-state index contributed by atoms with van der Waals surface area (Å²) in [5.74, 6) is -0.473. The number of hydrogen-bond donors (Lipinski definition) is 1. The van der Waals surface area contributed by atoms with Gasteiger partial charge in [0.15, 0.2) is 0 Å². The average molecular weight is 345 g/mol. The van der Waals surface area contributed by atoms with E-state index in [2.05, 4.69) is 10.3 Å². The van der Waals surface area contributed by atoms with Crippen LogP contribution in [0.25, 0.3) is 11.1 Å². The summed E-state index contributed by atoms with van der Waals surface area (Å²) in [5, 5.41) is 3.36. The zero-order chi connectivity index (χ0) is 18.0. The van der Waals surface area contributed by atoms with Crippen LogP contribution in [0.1, 0.15) is 13.1 Å². The first-order valence-electron chi connectivity index (χ1n) is 7.75. The zero-order valence-electron chi connectivity index (χ0n) is 13.8. The summed E-state index contributed by atoms with van der Waals surface area (Å²) in [6, 6.07) is 13.3. The van der Waals surface area contributed by atoms with E-state index in [4.69, 9.17) is 25.9 Å². The molecule has 1 aromatic heterocycles. The number of rotatable bonds is 3. The van der Waals surface area contributed by atoms with Gasteiger partial charge in [0.25, 0.3) is 5.91 Å². The number of nitrogens with zero attached hydrogens (tertiary/aromatic N) is 1. The number of nitrogens with one attached hydrogen (secondary N) is 1. The third-order valence-corrected chi connectivity index (χ3v) is 3.75. The largest absolute Gasteiger partial charge is 0.321 e. The molecule has 1 N–H and O–H groups in total. The molecule has 0 aliphatic rings. The van der Waals surface area contributed by atoms with Crippen molar-refractivity contribution < 1.29 is 7.54 Å². The Balaban J connectivity index is 2.05. The van der Waals surface area contributed by atoms with Crippen molar-refractivity contribution >= 4 is 34.8 Å². The number of halogens is 2. The lowest BCUT2D eigenvalue weighted by molar-refractivity contribution is 0.102. The molecule has 0 bridgehead atoms. The molecule has 0 radical (unpaired) electrons. The zero-order valence-corrected chi connectivity index (χ0v) is 13.3. The van der Waals surface area contributed by atoms with Crippen LogP contribution in [0.3, 0.4) is 0 Å². The van der Waals surface area contributed by atoms with Gasteiger partial charge in [-0.3, -0.25) is 4.79 Å². The second-order valence-corrected chi connectivity index (χ2v) is 5.49. The van der Waals surface area contributed by atoms with Crippen LogP contribution in [0.2, 0.25) is 10.2 Å². The summed E-state index contributed by atoms with van der Waals surface area (Å²) < 4.78 is 16.0. The number of hydrogen-bond acceptors (Lipinski definition) is 2. The second-order valence-electron chi connectivity index (χ2n) is 4.69. The Morgan fingerprint density at radius 3 is 2.61 bits per heavy atom. The molecule has 0 aliphatic heterocycles. The fourth-order valence-electron chi connectivity index (χ4n) is 2.09. The van der Waals surface area contributed by atoms with Crippen LogP contribution in [0, 0.1) is 0 Å². The molecule has 0 spiro atoms. The highest BCUT2D eigenvalue weighted by Gasteiger charge is 2.13. The Bertz CT molecular complexity index is 946. The number of amides is 1. The molecule has 5 heteroatoms. The molecule has 0 unspecified atom stereocenters. The number of carbonyl (C=O) groups is 1. The lowest BCUT2D eigenvalue weighted by Gasteiger charge is -2.12. The van der Waals surface area contributed by atoms with Crippen molar-refractivity contribution in [2.45, 2.75) is 0 Å². The molecule has 1 heterocycles. The molecule has 2 aromatic carbocycles. The molecule has 0 aliphatic carbocycles. The summed E-state index contributed by atoms with van der Waals surface area (Å²) in [6.07, 6.45) is 1.49. The van der Waals surface area contributed by atoms with Gasteiger partial charge in [0.1, 0.15) is 5.15 Å². The van der Waals surface area contributed by atoms with Gasteiger partial charge in [-0.15, -0.1) is 0 Å². The van der Waals surface area contributed by atoms with Crippen LogP contribution in [0.15, 0.2) is 66.8 Å². The second kappa shape index (κ2) is 6.82. The van der Waals surface area contributed by atoms with E-state index in [1.165, 1.54) is 12.3 Å². The van der Waals surface area contributed by atoms with Crippen molar-refractivity contribution in [3.05, 3.63) is 82.6 Å². The highest BCUT2D eigenvalue weighted by Crippen LogP contribution is 2.29. The van der Waals surface area contributed by atoms with E-state index in [0.717, 1.165) is 5.56 Å². The minimum atomic E-state index is -0.473. The summed E-state index contributed by atoms with van der Waals surface area (Å²) in [4.78, 5) is 16.4. The van der Waals surface area contributed by atoms with E-state index >= 15 is 0 Å². The van der Waals surface area contributed by atoms with Crippen molar-refractivity contribution in [3.8, 4) is 11.1 Å². The van der Waals surface area contributed by atoms with Crippen LogP contribution in [-0.2, 0) is 0 Å².